The van der Waals surface area contributed by atoms with Crippen LogP contribution in [0.3, 0.4) is 0 Å². The monoisotopic (exact) mass is 387 g/mol. The lowest BCUT2D eigenvalue weighted by Crippen LogP contribution is -2.37. The molecule has 2 aromatic heterocycles. The van der Waals surface area contributed by atoms with Crippen molar-refractivity contribution >= 4 is 45.0 Å². The quantitative estimate of drug-likeness (QED) is 0.692. The largest absolute Gasteiger partial charge is 0.288 e. The molecule has 132 valence electrons. The average molecular weight is 388 g/mol. The van der Waals surface area contributed by atoms with Gasteiger partial charge in [0.05, 0.1) is 11.8 Å². The summed E-state index contributed by atoms with van der Waals surface area (Å²) in [4.78, 5) is 43.1. The van der Waals surface area contributed by atoms with E-state index in [1.54, 1.807) is 12.1 Å². The molecule has 26 heavy (non-hydrogen) atoms. The van der Waals surface area contributed by atoms with Gasteiger partial charge in [-0.3, -0.25) is 23.9 Å². The number of thiophene rings is 1. The minimum atomic E-state index is -0.370. The predicted octanol–water partition coefficient (Wildman–Crippen LogP) is 2.93. The molecule has 0 aliphatic carbocycles. The number of carbonyl (C=O) groups is 2. The van der Waals surface area contributed by atoms with Crippen LogP contribution in [-0.2, 0) is 16.1 Å². The van der Waals surface area contributed by atoms with E-state index >= 15 is 0 Å². The first kappa shape index (κ1) is 16.9. The number of aromatic nitrogens is 2. The number of benzene rings is 1. The molecule has 0 radical (unpaired) electrons. The molecule has 4 rings (SSSR count). The van der Waals surface area contributed by atoms with Gasteiger partial charge in [-0.1, -0.05) is 23.7 Å². The van der Waals surface area contributed by atoms with Gasteiger partial charge in [0.1, 0.15) is 11.2 Å². The van der Waals surface area contributed by atoms with Crippen molar-refractivity contribution in [2.24, 2.45) is 0 Å². The maximum Gasteiger partial charge on any atom is 0.271 e. The lowest BCUT2D eigenvalue weighted by atomic mass is 10.2. The van der Waals surface area contributed by atoms with Gasteiger partial charge < -0.3 is 0 Å². The molecule has 2 amide bonds. The molecule has 1 aliphatic heterocycles. The molecule has 1 saturated heterocycles. The SMILES string of the molecule is O=C1CCCN1C(=O)Cn1cnc2cc(-c3ccc(Cl)cc3)sc2c1=O. The third-order valence-corrected chi connectivity index (χ3v) is 5.73. The maximum absolute atomic E-state index is 12.7. The van der Waals surface area contributed by atoms with Crippen LogP contribution in [0, 0.1) is 0 Å². The molecule has 8 heteroatoms. The Morgan fingerprint density at radius 2 is 2.00 bits per heavy atom. The Bertz CT molecular complexity index is 1070. The number of amides is 2. The van der Waals surface area contributed by atoms with Crippen molar-refractivity contribution in [1.29, 1.82) is 0 Å². The summed E-state index contributed by atoms with van der Waals surface area (Å²) in [5.41, 5.74) is 1.26. The second-order valence-electron chi connectivity index (χ2n) is 6.05. The zero-order chi connectivity index (χ0) is 18.3. The highest BCUT2D eigenvalue weighted by atomic mass is 35.5. The number of imide groups is 1. The van der Waals surface area contributed by atoms with Crippen molar-refractivity contribution in [2.45, 2.75) is 19.4 Å². The Labute approximate surface area is 157 Å². The molecule has 1 fully saturated rings. The number of hydrogen-bond acceptors (Lipinski definition) is 5. The molecule has 0 spiro atoms. The van der Waals surface area contributed by atoms with Crippen LogP contribution < -0.4 is 5.56 Å². The molecule has 0 N–H and O–H groups in total. The smallest absolute Gasteiger partial charge is 0.271 e. The van der Waals surface area contributed by atoms with Crippen molar-refractivity contribution in [3.63, 3.8) is 0 Å². The number of carbonyl (C=O) groups excluding carboxylic acids is 2. The fourth-order valence-electron chi connectivity index (χ4n) is 2.96. The van der Waals surface area contributed by atoms with Gasteiger partial charge in [0, 0.05) is 22.9 Å². The molecular weight excluding hydrogens is 374 g/mol. The van der Waals surface area contributed by atoms with E-state index in [1.807, 2.05) is 18.2 Å². The highest BCUT2D eigenvalue weighted by Crippen LogP contribution is 2.31. The number of rotatable bonds is 3. The van der Waals surface area contributed by atoms with Crippen LogP contribution in [0.5, 0.6) is 0 Å². The van der Waals surface area contributed by atoms with Gasteiger partial charge in [0.25, 0.3) is 5.56 Å². The third-order valence-electron chi connectivity index (χ3n) is 4.31. The Morgan fingerprint density at radius 1 is 1.23 bits per heavy atom. The van der Waals surface area contributed by atoms with Gasteiger partial charge in [-0.2, -0.15) is 0 Å². The van der Waals surface area contributed by atoms with E-state index in [1.165, 1.54) is 27.1 Å². The highest BCUT2D eigenvalue weighted by Gasteiger charge is 2.26. The minimum absolute atomic E-state index is 0.179. The van der Waals surface area contributed by atoms with Gasteiger partial charge in [-0.05, 0) is 30.2 Å². The Morgan fingerprint density at radius 3 is 2.69 bits per heavy atom. The van der Waals surface area contributed by atoms with Crippen LogP contribution in [0.25, 0.3) is 20.7 Å². The van der Waals surface area contributed by atoms with Crippen LogP contribution >= 0.6 is 22.9 Å². The normalized spacial score (nSPS) is 14.3. The topological polar surface area (TPSA) is 72.3 Å². The number of halogens is 1. The van der Waals surface area contributed by atoms with E-state index in [4.69, 9.17) is 11.6 Å². The first-order valence-electron chi connectivity index (χ1n) is 8.11. The maximum atomic E-state index is 12.7. The number of fused-ring (bicyclic) bond motifs is 1. The first-order valence-corrected chi connectivity index (χ1v) is 9.30. The summed E-state index contributed by atoms with van der Waals surface area (Å²) < 4.78 is 1.75. The van der Waals surface area contributed by atoms with Gasteiger partial charge in [0.2, 0.25) is 11.8 Å². The van der Waals surface area contributed by atoms with E-state index in [0.29, 0.717) is 34.6 Å². The summed E-state index contributed by atoms with van der Waals surface area (Å²) in [7, 11) is 0. The van der Waals surface area contributed by atoms with Gasteiger partial charge >= 0.3 is 0 Å². The molecule has 0 unspecified atom stereocenters. The standard InChI is InChI=1S/C18H14ClN3O3S/c19-12-5-3-11(4-6-12)14-8-13-17(26-14)18(25)21(10-20-13)9-16(24)22-7-1-2-15(22)23/h3-6,8,10H,1-2,7,9H2. The number of nitrogens with zero attached hydrogens (tertiary/aromatic N) is 3. The van der Waals surface area contributed by atoms with Crippen LogP contribution in [0.4, 0.5) is 0 Å². The van der Waals surface area contributed by atoms with Crippen molar-refractivity contribution in [1.82, 2.24) is 14.5 Å². The van der Waals surface area contributed by atoms with Gasteiger partial charge in [-0.25, -0.2) is 4.98 Å². The van der Waals surface area contributed by atoms with Crippen LogP contribution in [0.2, 0.25) is 5.02 Å². The Hall–Kier alpha value is -2.51. The first-order chi connectivity index (χ1) is 12.5. The van der Waals surface area contributed by atoms with E-state index in [9.17, 15) is 14.4 Å². The van der Waals surface area contributed by atoms with E-state index in [0.717, 1.165) is 10.4 Å². The molecule has 6 nitrogen and oxygen atoms in total. The van der Waals surface area contributed by atoms with Crippen molar-refractivity contribution in [3.8, 4) is 10.4 Å². The molecule has 3 aromatic rings. The molecule has 1 aromatic carbocycles. The van der Waals surface area contributed by atoms with Crippen molar-refractivity contribution in [2.75, 3.05) is 6.54 Å². The lowest BCUT2D eigenvalue weighted by molar-refractivity contribution is -0.142. The van der Waals surface area contributed by atoms with E-state index < -0.39 is 0 Å². The number of likely N-dealkylation sites (tertiary alicyclic amines) is 1. The van der Waals surface area contributed by atoms with Crippen LogP contribution in [0.1, 0.15) is 12.8 Å². The van der Waals surface area contributed by atoms with E-state index in [-0.39, 0.29) is 23.9 Å². The Balaban J connectivity index is 1.66. The third kappa shape index (κ3) is 3.04. The van der Waals surface area contributed by atoms with Gasteiger partial charge in [0.15, 0.2) is 0 Å². The Kier molecular flexibility index (Phi) is 4.34. The zero-order valence-electron chi connectivity index (χ0n) is 13.6. The summed E-state index contributed by atoms with van der Waals surface area (Å²) in [5, 5.41) is 0.644. The molecule has 0 atom stereocenters. The molecule has 1 aliphatic rings. The lowest BCUT2D eigenvalue weighted by Gasteiger charge is -2.13. The van der Waals surface area contributed by atoms with E-state index in [2.05, 4.69) is 4.98 Å². The minimum Gasteiger partial charge on any atom is -0.288 e. The van der Waals surface area contributed by atoms with Crippen molar-refractivity contribution in [3.05, 3.63) is 52.0 Å². The second kappa shape index (κ2) is 6.66. The molecule has 0 bridgehead atoms. The summed E-state index contributed by atoms with van der Waals surface area (Å²) in [5.74, 6) is -0.552. The molecular formula is C18H14ClN3O3S. The summed E-state index contributed by atoms with van der Waals surface area (Å²) in [6.45, 7) is 0.240. The fourth-order valence-corrected chi connectivity index (χ4v) is 4.15. The fraction of sp³-hybridized carbons (Fsp3) is 0.222. The average Bonchev–Trinajstić information content (AvgIpc) is 3.24. The van der Waals surface area contributed by atoms with Crippen LogP contribution in [0.15, 0.2) is 41.5 Å². The number of hydrogen-bond donors (Lipinski definition) is 0. The van der Waals surface area contributed by atoms with Gasteiger partial charge in [-0.15, -0.1) is 11.3 Å². The highest BCUT2D eigenvalue weighted by molar-refractivity contribution is 7.22. The molecule has 0 saturated carbocycles. The van der Waals surface area contributed by atoms with Crippen LogP contribution in [-0.4, -0.2) is 32.8 Å². The zero-order valence-corrected chi connectivity index (χ0v) is 15.2. The second-order valence-corrected chi connectivity index (χ2v) is 7.54. The summed E-state index contributed by atoms with van der Waals surface area (Å²) >= 11 is 7.24. The summed E-state index contributed by atoms with van der Waals surface area (Å²) in [6.07, 6.45) is 2.42. The molecule has 3 heterocycles. The van der Waals surface area contributed by atoms with Crippen molar-refractivity contribution < 1.29 is 9.59 Å². The predicted molar refractivity (Wildman–Crippen MR) is 100 cm³/mol. The summed E-state index contributed by atoms with van der Waals surface area (Å²) in [6, 6.07) is 9.19.